The third kappa shape index (κ3) is 4.55. The highest BCUT2D eigenvalue weighted by atomic mass is 16.3. The highest BCUT2D eigenvalue weighted by Gasteiger charge is 2.23. The second kappa shape index (κ2) is 6.56. The summed E-state index contributed by atoms with van der Waals surface area (Å²) in [6.45, 7) is 5.96. The highest BCUT2D eigenvalue weighted by molar-refractivity contribution is 5.74. The van der Waals surface area contributed by atoms with Gasteiger partial charge in [-0.05, 0) is 19.8 Å². The molecular formula is C13H24N4O2. The Balaban J connectivity index is 2.43. The van der Waals surface area contributed by atoms with Crippen molar-refractivity contribution in [3.8, 4) is 0 Å². The van der Waals surface area contributed by atoms with E-state index in [0.29, 0.717) is 12.8 Å². The van der Waals surface area contributed by atoms with Crippen molar-refractivity contribution in [2.75, 3.05) is 6.54 Å². The van der Waals surface area contributed by atoms with Gasteiger partial charge < -0.3 is 15.7 Å². The van der Waals surface area contributed by atoms with Crippen LogP contribution in [0.3, 0.4) is 0 Å². The summed E-state index contributed by atoms with van der Waals surface area (Å²) in [5, 5.41) is 19.7. The molecule has 6 heteroatoms. The first-order valence-electron chi connectivity index (χ1n) is 6.65. The van der Waals surface area contributed by atoms with E-state index in [1.807, 2.05) is 34.0 Å². The van der Waals surface area contributed by atoms with Crippen LogP contribution in [-0.2, 0) is 7.05 Å². The Hall–Kier alpha value is -1.56. The minimum Gasteiger partial charge on any atom is -0.388 e. The molecule has 6 nitrogen and oxygen atoms in total. The van der Waals surface area contributed by atoms with Crippen LogP contribution in [0.25, 0.3) is 0 Å². The molecule has 0 aliphatic heterocycles. The maximum absolute atomic E-state index is 11.8. The molecule has 0 saturated heterocycles. The van der Waals surface area contributed by atoms with E-state index in [9.17, 15) is 9.90 Å². The van der Waals surface area contributed by atoms with Crippen LogP contribution in [0.15, 0.2) is 12.4 Å². The average molecular weight is 268 g/mol. The normalized spacial score (nSPS) is 13.1. The Morgan fingerprint density at radius 3 is 2.63 bits per heavy atom. The third-order valence-corrected chi connectivity index (χ3v) is 3.47. The Labute approximate surface area is 114 Å². The SMILES string of the molecule is CCC(O)(CC)CNC(=O)NC(C)c1cnn(C)c1. The van der Waals surface area contributed by atoms with E-state index in [1.54, 1.807) is 10.9 Å². The molecule has 0 aliphatic carbocycles. The zero-order valence-corrected chi connectivity index (χ0v) is 12.1. The molecular weight excluding hydrogens is 244 g/mol. The van der Waals surface area contributed by atoms with Crippen LogP contribution in [-0.4, -0.2) is 33.1 Å². The number of nitrogens with zero attached hydrogens (tertiary/aromatic N) is 2. The van der Waals surface area contributed by atoms with Gasteiger partial charge in [0, 0.05) is 25.4 Å². The summed E-state index contributed by atoms with van der Waals surface area (Å²) in [4.78, 5) is 11.8. The Morgan fingerprint density at radius 2 is 2.16 bits per heavy atom. The molecule has 0 bridgehead atoms. The van der Waals surface area contributed by atoms with Crippen molar-refractivity contribution in [2.24, 2.45) is 7.05 Å². The molecule has 2 amide bonds. The lowest BCUT2D eigenvalue weighted by atomic mass is 9.98. The predicted molar refractivity (Wildman–Crippen MR) is 73.7 cm³/mol. The monoisotopic (exact) mass is 268 g/mol. The van der Waals surface area contributed by atoms with Gasteiger partial charge in [-0.1, -0.05) is 13.8 Å². The average Bonchev–Trinajstić information content (AvgIpc) is 2.83. The van der Waals surface area contributed by atoms with E-state index < -0.39 is 5.60 Å². The van der Waals surface area contributed by atoms with Crippen LogP contribution in [0.4, 0.5) is 4.79 Å². The molecule has 0 aliphatic rings. The number of urea groups is 1. The van der Waals surface area contributed by atoms with Crippen LogP contribution >= 0.6 is 0 Å². The van der Waals surface area contributed by atoms with E-state index in [2.05, 4.69) is 15.7 Å². The maximum atomic E-state index is 11.8. The molecule has 0 aromatic carbocycles. The summed E-state index contributed by atoms with van der Waals surface area (Å²) >= 11 is 0. The smallest absolute Gasteiger partial charge is 0.315 e. The van der Waals surface area contributed by atoms with Crippen molar-refractivity contribution in [1.29, 1.82) is 0 Å². The lowest BCUT2D eigenvalue weighted by Crippen LogP contribution is -2.46. The number of nitrogens with one attached hydrogen (secondary N) is 2. The van der Waals surface area contributed by atoms with Gasteiger partial charge in [0.25, 0.3) is 0 Å². The van der Waals surface area contributed by atoms with E-state index in [0.717, 1.165) is 5.56 Å². The number of aryl methyl sites for hydroxylation is 1. The zero-order valence-electron chi connectivity index (χ0n) is 12.1. The van der Waals surface area contributed by atoms with E-state index in [1.165, 1.54) is 0 Å². The van der Waals surface area contributed by atoms with Crippen LogP contribution in [0, 0.1) is 0 Å². The minimum absolute atomic E-state index is 0.120. The number of rotatable bonds is 6. The van der Waals surface area contributed by atoms with E-state index in [-0.39, 0.29) is 18.6 Å². The van der Waals surface area contributed by atoms with Gasteiger partial charge in [0.15, 0.2) is 0 Å². The maximum Gasteiger partial charge on any atom is 0.315 e. The number of amides is 2. The van der Waals surface area contributed by atoms with Crippen molar-refractivity contribution >= 4 is 6.03 Å². The fourth-order valence-corrected chi connectivity index (χ4v) is 1.74. The Bertz CT molecular complexity index is 413. The van der Waals surface area contributed by atoms with Crippen LogP contribution in [0.2, 0.25) is 0 Å². The molecule has 1 unspecified atom stereocenters. The van der Waals surface area contributed by atoms with Crippen LogP contribution in [0.1, 0.15) is 45.2 Å². The van der Waals surface area contributed by atoms with Gasteiger partial charge >= 0.3 is 6.03 Å². The van der Waals surface area contributed by atoms with Gasteiger partial charge in [-0.2, -0.15) is 5.10 Å². The fourth-order valence-electron chi connectivity index (χ4n) is 1.74. The molecule has 108 valence electrons. The lowest BCUT2D eigenvalue weighted by Gasteiger charge is -2.25. The summed E-state index contributed by atoms with van der Waals surface area (Å²) in [6, 6.07) is -0.401. The van der Waals surface area contributed by atoms with E-state index >= 15 is 0 Å². The first-order valence-corrected chi connectivity index (χ1v) is 6.65. The Kier molecular flexibility index (Phi) is 5.35. The number of hydrogen-bond donors (Lipinski definition) is 3. The molecule has 1 aromatic rings. The quantitative estimate of drug-likeness (QED) is 0.728. The van der Waals surface area contributed by atoms with Crippen molar-refractivity contribution in [1.82, 2.24) is 20.4 Å². The molecule has 19 heavy (non-hydrogen) atoms. The minimum atomic E-state index is -0.825. The molecule has 1 heterocycles. The molecule has 0 fully saturated rings. The van der Waals surface area contributed by atoms with Crippen molar-refractivity contribution in [3.63, 3.8) is 0 Å². The summed E-state index contributed by atoms with van der Waals surface area (Å²) in [5.41, 5.74) is 0.119. The van der Waals surface area contributed by atoms with Gasteiger partial charge in [-0.3, -0.25) is 4.68 Å². The third-order valence-electron chi connectivity index (χ3n) is 3.47. The predicted octanol–water partition coefficient (Wildman–Crippen LogP) is 1.33. The van der Waals surface area contributed by atoms with Crippen LogP contribution in [0.5, 0.6) is 0 Å². The van der Waals surface area contributed by atoms with E-state index in [4.69, 9.17) is 0 Å². The topological polar surface area (TPSA) is 79.2 Å². The molecule has 0 radical (unpaired) electrons. The number of hydrogen-bond acceptors (Lipinski definition) is 3. The first-order chi connectivity index (χ1) is 8.90. The van der Waals surface area contributed by atoms with Crippen molar-refractivity contribution in [2.45, 2.75) is 45.3 Å². The highest BCUT2D eigenvalue weighted by Crippen LogP contribution is 2.13. The van der Waals surface area contributed by atoms with Gasteiger partial charge in [-0.15, -0.1) is 0 Å². The Morgan fingerprint density at radius 1 is 1.53 bits per heavy atom. The summed E-state index contributed by atoms with van der Waals surface area (Å²) in [6.07, 6.45) is 4.81. The molecule has 1 aromatic heterocycles. The molecule has 3 N–H and O–H groups in total. The largest absolute Gasteiger partial charge is 0.388 e. The van der Waals surface area contributed by atoms with Gasteiger partial charge in [0.1, 0.15) is 0 Å². The first kappa shape index (κ1) is 15.5. The molecule has 0 saturated carbocycles. The van der Waals surface area contributed by atoms with Crippen molar-refractivity contribution < 1.29 is 9.90 Å². The molecule has 1 rings (SSSR count). The van der Waals surface area contributed by atoms with Crippen LogP contribution < -0.4 is 10.6 Å². The second-order valence-corrected chi connectivity index (χ2v) is 4.93. The summed E-state index contributed by atoms with van der Waals surface area (Å²) in [7, 11) is 1.83. The number of carbonyl (C=O) groups excluding carboxylic acids is 1. The second-order valence-electron chi connectivity index (χ2n) is 4.93. The van der Waals surface area contributed by atoms with Gasteiger partial charge in [0.05, 0.1) is 17.8 Å². The van der Waals surface area contributed by atoms with Crippen molar-refractivity contribution in [3.05, 3.63) is 18.0 Å². The fraction of sp³-hybridized carbons (Fsp3) is 0.692. The zero-order chi connectivity index (χ0) is 14.5. The molecule has 1 atom stereocenters. The number of carbonyl (C=O) groups is 1. The lowest BCUT2D eigenvalue weighted by molar-refractivity contribution is 0.0349. The standard InChI is InChI=1S/C13H24N4O2/c1-5-13(19,6-2)9-14-12(18)16-10(3)11-7-15-17(4)8-11/h7-8,10,19H,5-6,9H2,1-4H3,(H2,14,16,18). The number of aliphatic hydroxyl groups is 1. The number of aromatic nitrogens is 2. The summed E-state index contributed by atoms with van der Waals surface area (Å²) < 4.78 is 1.69. The van der Waals surface area contributed by atoms with Gasteiger partial charge in [0.2, 0.25) is 0 Å². The van der Waals surface area contributed by atoms with Gasteiger partial charge in [-0.25, -0.2) is 4.79 Å². The molecule has 0 spiro atoms. The summed E-state index contributed by atoms with van der Waals surface area (Å²) in [5.74, 6) is 0.